The molecule has 0 aromatic heterocycles. The fourth-order valence-corrected chi connectivity index (χ4v) is 4.27. The molecule has 26 heavy (non-hydrogen) atoms. The number of ether oxygens (including phenoxy) is 1. The number of rotatable bonds is 2. The average Bonchev–Trinajstić information content (AvgIpc) is 2.95. The zero-order chi connectivity index (χ0) is 18.3. The summed E-state index contributed by atoms with van der Waals surface area (Å²) in [6, 6.07) is 14.1. The van der Waals surface area contributed by atoms with Crippen molar-refractivity contribution in [1.82, 2.24) is 4.90 Å². The Morgan fingerprint density at radius 1 is 1.23 bits per heavy atom. The van der Waals surface area contributed by atoms with E-state index in [0.717, 1.165) is 25.2 Å². The van der Waals surface area contributed by atoms with Crippen LogP contribution < -0.4 is 15.0 Å². The van der Waals surface area contributed by atoms with Crippen molar-refractivity contribution in [3.8, 4) is 5.75 Å². The molecule has 2 amide bonds. The molecule has 2 aromatic rings. The molecule has 2 aliphatic heterocycles. The first-order valence-corrected chi connectivity index (χ1v) is 9.11. The molecule has 0 unspecified atom stereocenters. The van der Waals surface area contributed by atoms with Gasteiger partial charge < -0.3 is 15.0 Å². The highest BCUT2D eigenvalue weighted by Crippen LogP contribution is 2.45. The van der Waals surface area contributed by atoms with Crippen LogP contribution in [0.4, 0.5) is 16.2 Å². The molecule has 0 spiro atoms. The number of likely N-dealkylation sites (N-methyl/N-ethyl adjacent to an activating group) is 1. The van der Waals surface area contributed by atoms with Crippen LogP contribution in [0.3, 0.4) is 0 Å². The second-order valence-corrected chi connectivity index (χ2v) is 7.29. The molecule has 2 aliphatic rings. The summed E-state index contributed by atoms with van der Waals surface area (Å²) in [5.41, 5.74) is 4.26. The lowest BCUT2D eigenvalue weighted by molar-refractivity contribution is 0.224. The summed E-state index contributed by atoms with van der Waals surface area (Å²) in [4.78, 5) is 17.5. The topological polar surface area (TPSA) is 44.8 Å². The molecule has 0 aliphatic carbocycles. The lowest BCUT2D eigenvalue weighted by atomic mass is 9.89. The number of hydrogen-bond acceptors (Lipinski definition) is 3. The molecule has 1 N–H and O–H groups in total. The molecule has 0 saturated carbocycles. The van der Waals surface area contributed by atoms with Crippen LogP contribution in [0.1, 0.15) is 23.5 Å². The summed E-state index contributed by atoms with van der Waals surface area (Å²) in [6.07, 6.45) is 0.980. The molecule has 4 rings (SSSR count). The molecule has 5 nitrogen and oxygen atoms in total. The fraction of sp³-hybridized carbons (Fsp3) is 0.381. The first-order valence-electron chi connectivity index (χ1n) is 9.11. The van der Waals surface area contributed by atoms with Crippen LogP contribution in [0, 0.1) is 6.92 Å². The molecule has 0 bridgehead atoms. The second-order valence-electron chi connectivity index (χ2n) is 7.29. The van der Waals surface area contributed by atoms with Gasteiger partial charge in [0.25, 0.3) is 0 Å². The van der Waals surface area contributed by atoms with Crippen LogP contribution in [-0.4, -0.2) is 44.2 Å². The number of amides is 2. The maximum Gasteiger partial charge on any atom is 0.326 e. The highest BCUT2D eigenvalue weighted by molar-refractivity contribution is 6.04. The van der Waals surface area contributed by atoms with Crippen LogP contribution in [0.2, 0.25) is 0 Å². The minimum Gasteiger partial charge on any atom is -0.495 e. The Balaban J connectivity index is 1.68. The first-order chi connectivity index (χ1) is 12.6. The third kappa shape index (κ3) is 2.82. The minimum absolute atomic E-state index is 0.0864. The molecule has 2 heterocycles. The van der Waals surface area contributed by atoms with E-state index in [-0.39, 0.29) is 12.1 Å². The number of anilines is 2. The summed E-state index contributed by atoms with van der Waals surface area (Å²) >= 11 is 0. The van der Waals surface area contributed by atoms with Crippen LogP contribution >= 0.6 is 0 Å². The molecular formula is C21H25N3O2. The van der Waals surface area contributed by atoms with E-state index in [1.54, 1.807) is 7.11 Å². The first kappa shape index (κ1) is 16.9. The third-order valence-electron chi connectivity index (χ3n) is 5.52. The molecule has 1 fully saturated rings. The van der Waals surface area contributed by atoms with Gasteiger partial charge in [0, 0.05) is 24.2 Å². The molecule has 2 aromatic carbocycles. The van der Waals surface area contributed by atoms with Crippen LogP contribution in [0.25, 0.3) is 0 Å². The predicted octanol–water partition coefficient (Wildman–Crippen LogP) is 3.84. The monoisotopic (exact) mass is 351 g/mol. The Morgan fingerprint density at radius 3 is 2.85 bits per heavy atom. The van der Waals surface area contributed by atoms with Gasteiger partial charge in [-0.3, -0.25) is 4.90 Å². The van der Waals surface area contributed by atoms with Gasteiger partial charge in [-0.2, -0.15) is 0 Å². The summed E-state index contributed by atoms with van der Waals surface area (Å²) in [5, 5.41) is 3.05. The number of likely N-dealkylation sites (tertiary alicyclic amines) is 1. The number of carbonyl (C=O) groups is 1. The van der Waals surface area contributed by atoms with Gasteiger partial charge in [-0.05, 0) is 50.7 Å². The standard InChI is InChI=1S/C21H25N3O2/c1-14-8-9-18-15(12-14)16-13-23(2)11-10-19(16)24(18)21(25)22-17-6-4-5-7-20(17)26-3/h4-9,12,16,19H,10-11,13H2,1-3H3,(H,22,25)/t16-,19-/m0/s1. The Hall–Kier alpha value is -2.53. The van der Waals surface area contributed by atoms with Crippen LogP contribution in [0.5, 0.6) is 5.75 Å². The SMILES string of the molecule is COc1ccccc1NC(=O)N1c2ccc(C)cc2[C@@H]2CN(C)CC[C@@H]21. The van der Waals surface area contributed by atoms with Gasteiger partial charge in [0.2, 0.25) is 0 Å². The summed E-state index contributed by atoms with van der Waals surface area (Å²) in [5.74, 6) is 1.04. The smallest absolute Gasteiger partial charge is 0.326 e. The predicted molar refractivity (Wildman–Crippen MR) is 104 cm³/mol. The number of aryl methyl sites for hydroxylation is 1. The number of carbonyl (C=O) groups excluding carboxylic acids is 1. The van der Waals surface area contributed by atoms with Crippen molar-refractivity contribution in [3.63, 3.8) is 0 Å². The van der Waals surface area contributed by atoms with Crippen LogP contribution in [0.15, 0.2) is 42.5 Å². The van der Waals surface area contributed by atoms with Gasteiger partial charge in [0.05, 0.1) is 12.8 Å². The van der Waals surface area contributed by atoms with E-state index < -0.39 is 0 Å². The summed E-state index contributed by atoms with van der Waals surface area (Å²) in [7, 11) is 3.77. The summed E-state index contributed by atoms with van der Waals surface area (Å²) < 4.78 is 5.37. The van der Waals surface area contributed by atoms with Gasteiger partial charge >= 0.3 is 6.03 Å². The van der Waals surface area contributed by atoms with E-state index >= 15 is 0 Å². The van der Waals surface area contributed by atoms with E-state index in [1.807, 2.05) is 29.2 Å². The number of fused-ring (bicyclic) bond motifs is 3. The van der Waals surface area contributed by atoms with E-state index in [4.69, 9.17) is 4.74 Å². The largest absolute Gasteiger partial charge is 0.495 e. The van der Waals surface area contributed by atoms with Crippen molar-refractivity contribution in [1.29, 1.82) is 0 Å². The molecule has 0 radical (unpaired) electrons. The summed E-state index contributed by atoms with van der Waals surface area (Å²) in [6.45, 7) is 4.10. The van der Waals surface area contributed by atoms with Gasteiger partial charge in [-0.25, -0.2) is 4.79 Å². The van der Waals surface area contributed by atoms with E-state index in [1.165, 1.54) is 11.1 Å². The normalized spacial score (nSPS) is 21.9. The van der Waals surface area contributed by atoms with Gasteiger partial charge in [-0.15, -0.1) is 0 Å². The number of urea groups is 1. The van der Waals surface area contributed by atoms with Crippen molar-refractivity contribution in [2.75, 3.05) is 37.5 Å². The maximum absolute atomic E-state index is 13.2. The molecule has 5 heteroatoms. The number of methoxy groups -OCH3 is 1. The molecule has 1 saturated heterocycles. The molecule has 136 valence electrons. The minimum atomic E-state index is -0.0864. The number of piperidine rings is 1. The number of nitrogens with one attached hydrogen (secondary N) is 1. The van der Waals surface area contributed by atoms with Crippen molar-refractivity contribution in [2.24, 2.45) is 0 Å². The Morgan fingerprint density at radius 2 is 2.04 bits per heavy atom. The van der Waals surface area contributed by atoms with E-state index in [2.05, 4.69) is 42.4 Å². The lowest BCUT2D eigenvalue weighted by Crippen LogP contribution is -2.48. The van der Waals surface area contributed by atoms with E-state index in [9.17, 15) is 4.79 Å². The zero-order valence-corrected chi connectivity index (χ0v) is 15.5. The average molecular weight is 351 g/mol. The van der Waals surface area contributed by atoms with Crippen molar-refractivity contribution < 1.29 is 9.53 Å². The van der Waals surface area contributed by atoms with Crippen molar-refractivity contribution in [3.05, 3.63) is 53.6 Å². The quantitative estimate of drug-likeness (QED) is 0.894. The van der Waals surface area contributed by atoms with Crippen LogP contribution in [-0.2, 0) is 0 Å². The fourth-order valence-electron chi connectivity index (χ4n) is 4.27. The van der Waals surface area contributed by atoms with Crippen molar-refractivity contribution >= 4 is 17.4 Å². The molecular weight excluding hydrogens is 326 g/mol. The number of nitrogens with zero attached hydrogens (tertiary/aromatic N) is 2. The van der Waals surface area contributed by atoms with Gasteiger partial charge in [0.1, 0.15) is 5.75 Å². The number of benzene rings is 2. The second kappa shape index (κ2) is 6.65. The Labute approximate surface area is 154 Å². The van der Waals surface area contributed by atoms with Crippen molar-refractivity contribution in [2.45, 2.75) is 25.3 Å². The lowest BCUT2D eigenvalue weighted by Gasteiger charge is -2.36. The van der Waals surface area contributed by atoms with Gasteiger partial charge in [-0.1, -0.05) is 29.8 Å². The van der Waals surface area contributed by atoms with Gasteiger partial charge in [0.15, 0.2) is 0 Å². The Kier molecular flexibility index (Phi) is 4.32. The highest BCUT2D eigenvalue weighted by Gasteiger charge is 2.44. The number of para-hydroxylation sites is 2. The Bertz CT molecular complexity index is 836. The zero-order valence-electron chi connectivity index (χ0n) is 15.5. The highest BCUT2D eigenvalue weighted by atomic mass is 16.5. The number of hydrogen-bond donors (Lipinski definition) is 1. The maximum atomic E-state index is 13.2. The third-order valence-corrected chi connectivity index (χ3v) is 5.52. The molecule has 2 atom stereocenters. The van der Waals surface area contributed by atoms with E-state index in [0.29, 0.717) is 17.4 Å².